The number of nitrogens with one attached hydrogen (secondary N) is 2. The Labute approximate surface area is 124 Å². The van der Waals surface area contributed by atoms with Gasteiger partial charge in [0.1, 0.15) is 10.8 Å². The maximum Gasteiger partial charge on any atom is 0.326 e. The van der Waals surface area contributed by atoms with Crippen molar-refractivity contribution in [2.24, 2.45) is 0 Å². The number of rotatable bonds is 2. The Balaban J connectivity index is 1.97. The monoisotopic (exact) mass is 309 g/mol. The van der Waals surface area contributed by atoms with E-state index in [2.05, 4.69) is 15.6 Å². The lowest BCUT2D eigenvalue weighted by Gasteiger charge is -2.06. The van der Waals surface area contributed by atoms with Gasteiger partial charge in [0.2, 0.25) is 0 Å². The summed E-state index contributed by atoms with van der Waals surface area (Å²) in [6.45, 7) is 0. The van der Waals surface area contributed by atoms with E-state index in [1.807, 2.05) is 0 Å². The summed E-state index contributed by atoms with van der Waals surface area (Å²) in [6.07, 6.45) is 0. The lowest BCUT2D eigenvalue weighted by Crippen LogP contribution is -2.34. The number of hydrogen-bond acceptors (Lipinski definition) is 3. The lowest BCUT2D eigenvalue weighted by molar-refractivity contribution is 0.0962. The van der Waals surface area contributed by atoms with Crippen molar-refractivity contribution >= 4 is 40.8 Å². The number of benzene rings is 1. The highest BCUT2D eigenvalue weighted by atomic mass is 35.5. The SMILES string of the molecule is O=C(NC(=O)c1cccc(Cl)n1)Nc1ccc(Cl)cc1. The summed E-state index contributed by atoms with van der Waals surface area (Å²) in [5, 5.41) is 5.37. The molecule has 2 aromatic rings. The molecule has 0 unspecified atom stereocenters. The van der Waals surface area contributed by atoms with Gasteiger partial charge in [-0.3, -0.25) is 10.1 Å². The van der Waals surface area contributed by atoms with Crippen LogP contribution in [0.2, 0.25) is 10.2 Å². The first-order valence-corrected chi connectivity index (χ1v) is 6.30. The molecular formula is C13H9Cl2N3O2. The zero-order chi connectivity index (χ0) is 14.5. The van der Waals surface area contributed by atoms with Crippen molar-refractivity contribution in [2.45, 2.75) is 0 Å². The number of aromatic nitrogens is 1. The second-order valence-corrected chi connectivity index (χ2v) is 4.58. The van der Waals surface area contributed by atoms with E-state index < -0.39 is 11.9 Å². The average molecular weight is 310 g/mol. The van der Waals surface area contributed by atoms with Gasteiger partial charge in [0.05, 0.1) is 0 Å². The molecule has 0 saturated carbocycles. The summed E-state index contributed by atoms with van der Waals surface area (Å²) in [7, 11) is 0. The molecule has 0 spiro atoms. The Morgan fingerprint density at radius 2 is 1.70 bits per heavy atom. The van der Waals surface area contributed by atoms with Gasteiger partial charge in [0.25, 0.3) is 5.91 Å². The van der Waals surface area contributed by atoms with Crippen molar-refractivity contribution < 1.29 is 9.59 Å². The number of pyridine rings is 1. The minimum absolute atomic E-state index is 0.0590. The number of anilines is 1. The third kappa shape index (κ3) is 3.94. The highest BCUT2D eigenvalue weighted by Gasteiger charge is 2.11. The Morgan fingerprint density at radius 1 is 1.00 bits per heavy atom. The van der Waals surface area contributed by atoms with E-state index in [9.17, 15) is 9.59 Å². The van der Waals surface area contributed by atoms with Gasteiger partial charge in [-0.05, 0) is 36.4 Å². The van der Waals surface area contributed by atoms with Crippen LogP contribution in [0.1, 0.15) is 10.5 Å². The lowest BCUT2D eigenvalue weighted by atomic mass is 10.3. The van der Waals surface area contributed by atoms with Crippen LogP contribution in [0, 0.1) is 0 Å². The molecule has 0 saturated heterocycles. The van der Waals surface area contributed by atoms with Crippen LogP contribution < -0.4 is 10.6 Å². The van der Waals surface area contributed by atoms with Gasteiger partial charge in [-0.25, -0.2) is 9.78 Å². The van der Waals surface area contributed by atoms with Crippen LogP contribution in [-0.2, 0) is 0 Å². The number of carbonyl (C=O) groups is 2. The van der Waals surface area contributed by atoms with Gasteiger partial charge in [-0.2, -0.15) is 0 Å². The molecule has 0 bridgehead atoms. The summed E-state index contributed by atoms with van der Waals surface area (Å²) in [5.74, 6) is -0.640. The molecule has 1 aromatic carbocycles. The fourth-order valence-corrected chi connectivity index (χ4v) is 1.69. The Kier molecular flexibility index (Phi) is 4.55. The summed E-state index contributed by atoms with van der Waals surface area (Å²) >= 11 is 11.4. The van der Waals surface area contributed by atoms with Gasteiger partial charge in [0, 0.05) is 10.7 Å². The topological polar surface area (TPSA) is 71.1 Å². The van der Waals surface area contributed by atoms with E-state index in [0.29, 0.717) is 10.7 Å². The van der Waals surface area contributed by atoms with E-state index in [0.717, 1.165) is 0 Å². The van der Waals surface area contributed by atoms with Crippen molar-refractivity contribution in [3.8, 4) is 0 Å². The van der Waals surface area contributed by atoms with E-state index in [1.165, 1.54) is 12.1 Å². The van der Waals surface area contributed by atoms with Gasteiger partial charge in [0.15, 0.2) is 0 Å². The van der Waals surface area contributed by atoms with Crippen LogP contribution in [-0.4, -0.2) is 16.9 Å². The van der Waals surface area contributed by atoms with Crippen molar-refractivity contribution in [3.05, 3.63) is 58.3 Å². The van der Waals surface area contributed by atoms with Crippen LogP contribution in [0.3, 0.4) is 0 Å². The van der Waals surface area contributed by atoms with Crippen LogP contribution in [0.4, 0.5) is 10.5 Å². The molecule has 0 aliphatic carbocycles. The van der Waals surface area contributed by atoms with Crippen molar-refractivity contribution in [1.82, 2.24) is 10.3 Å². The number of halogens is 2. The van der Waals surface area contributed by atoms with E-state index in [4.69, 9.17) is 23.2 Å². The number of amides is 3. The minimum Gasteiger partial charge on any atom is -0.308 e. The van der Waals surface area contributed by atoms with E-state index in [1.54, 1.807) is 30.3 Å². The number of imide groups is 1. The van der Waals surface area contributed by atoms with Gasteiger partial charge in [-0.15, -0.1) is 0 Å². The van der Waals surface area contributed by atoms with Crippen LogP contribution in [0.5, 0.6) is 0 Å². The molecule has 0 fully saturated rings. The van der Waals surface area contributed by atoms with Crippen LogP contribution in [0.25, 0.3) is 0 Å². The molecule has 2 rings (SSSR count). The van der Waals surface area contributed by atoms with Crippen molar-refractivity contribution in [3.63, 3.8) is 0 Å². The largest absolute Gasteiger partial charge is 0.326 e. The van der Waals surface area contributed by atoms with Crippen molar-refractivity contribution in [1.29, 1.82) is 0 Å². The molecule has 20 heavy (non-hydrogen) atoms. The first-order chi connectivity index (χ1) is 9.54. The maximum absolute atomic E-state index is 11.7. The molecule has 3 amide bonds. The highest BCUT2D eigenvalue weighted by Crippen LogP contribution is 2.13. The maximum atomic E-state index is 11.7. The predicted octanol–water partition coefficient (Wildman–Crippen LogP) is 3.35. The molecule has 1 aromatic heterocycles. The Morgan fingerprint density at radius 3 is 2.35 bits per heavy atom. The Hall–Kier alpha value is -2.11. The number of hydrogen-bond donors (Lipinski definition) is 2. The molecule has 2 N–H and O–H groups in total. The molecule has 0 atom stereocenters. The van der Waals surface area contributed by atoms with E-state index in [-0.39, 0.29) is 10.8 Å². The predicted molar refractivity (Wildman–Crippen MR) is 77.2 cm³/mol. The summed E-state index contributed by atoms with van der Waals surface area (Å²) in [4.78, 5) is 27.2. The normalized spacial score (nSPS) is 9.90. The molecule has 0 radical (unpaired) electrons. The average Bonchev–Trinajstić information content (AvgIpc) is 2.41. The smallest absolute Gasteiger partial charge is 0.308 e. The molecule has 102 valence electrons. The van der Waals surface area contributed by atoms with Gasteiger partial charge >= 0.3 is 6.03 Å². The van der Waals surface area contributed by atoms with Crippen molar-refractivity contribution in [2.75, 3.05) is 5.32 Å². The summed E-state index contributed by atoms with van der Waals surface area (Å²) in [6, 6.07) is 10.4. The molecule has 1 heterocycles. The highest BCUT2D eigenvalue weighted by molar-refractivity contribution is 6.30. The summed E-state index contributed by atoms with van der Waals surface area (Å²) in [5.41, 5.74) is 0.572. The third-order valence-electron chi connectivity index (χ3n) is 2.28. The third-order valence-corrected chi connectivity index (χ3v) is 2.74. The van der Waals surface area contributed by atoms with Crippen LogP contribution in [0.15, 0.2) is 42.5 Å². The number of carbonyl (C=O) groups excluding carboxylic acids is 2. The zero-order valence-electron chi connectivity index (χ0n) is 10.1. The number of urea groups is 1. The zero-order valence-corrected chi connectivity index (χ0v) is 11.6. The minimum atomic E-state index is -0.668. The fourth-order valence-electron chi connectivity index (χ4n) is 1.40. The standard InChI is InChI=1S/C13H9Cl2N3O2/c14-8-4-6-9(7-5-8)16-13(20)18-12(19)10-2-1-3-11(15)17-10/h1-7H,(H2,16,18,19,20). The molecule has 0 aliphatic heterocycles. The molecular weight excluding hydrogens is 301 g/mol. The van der Waals surface area contributed by atoms with Gasteiger partial charge in [-0.1, -0.05) is 29.3 Å². The molecule has 7 heteroatoms. The molecule has 5 nitrogen and oxygen atoms in total. The Bertz CT molecular complexity index is 644. The first-order valence-electron chi connectivity index (χ1n) is 5.55. The quantitative estimate of drug-likeness (QED) is 0.836. The fraction of sp³-hybridized carbons (Fsp3) is 0. The first kappa shape index (κ1) is 14.3. The second kappa shape index (κ2) is 6.36. The van der Waals surface area contributed by atoms with Gasteiger partial charge < -0.3 is 5.32 Å². The number of nitrogens with zero attached hydrogens (tertiary/aromatic N) is 1. The summed E-state index contributed by atoms with van der Waals surface area (Å²) < 4.78 is 0. The molecule has 0 aliphatic rings. The van der Waals surface area contributed by atoms with Crippen LogP contribution >= 0.6 is 23.2 Å². The van der Waals surface area contributed by atoms with E-state index >= 15 is 0 Å². The second-order valence-electron chi connectivity index (χ2n) is 3.76.